The molecule has 2 unspecified atom stereocenters. The first kappa shape index (κ1) is 19.0. The van der Waals surface area contributed by atoms with E-state index in [4.69, 9.17) is 11.6 Å². The van der Waals surface area contributed by atoms with Crippen LogP contribution in [-0.4, -0.2) is 49.2 Å². The number of carbonyl (C=O) groups is 1. The largest absolute Gasteiger partial charge is 0.368 e. The van der Waals surface area contributed by atoms with Gasteiger partial charge in [-0.3, -0.25) is 4.79 Å². The lowest BCUT2D eigenvalue weighted by Crippen LogP contribution is -2.57. The molecule has 2 fully saturated rings. The van der Waals surface area contributed by atoms with Crippen molar-refractivity contribution in [2.24, 2.45) is 0 Å². The summed E-state index contributed by atoms with van der Waals surface area (Å²) in [4.78, 5) is 17.3. The molecule has 28 heavy (non-hydrogen) atoms. The first-order valence-corrected chi connectivity index (χ1v) is 9.86. The molecule has 0 spiro atoms. The number of hydrazine groups is 2. The summed E-state index contributed by atoms with van der Waals surface area (Å²) in [6.45, 7) is 5.16. The molecule has 2 atom stereocenters. The van der Waals surface area contributed by atoms with E-state index in [2.05, 4.69) is 57.8 Å². The molecular formula is C20H25ClN6O. The Morgan fingerprint density at radius 3 is 2.36 bits per heavy atom. The number of nitrogens with zero attached hydrogens (tertiary/aromatic N) is 2. The van der Waals surface area contributed by atoms with Crippen molar-refractivity contribution in [1.29, 1.82) is 0 Å². The average molecular weight is 401 g/mol. The molecule has 0 aromatic heterocycles. The Labute approximate surface area is 170 Å². The molecule has 2 aromatic rings. The van der Waals surface area contributed by atoms with Gasteiger partial charge in [0.2, 0.25) is 5.91 Å². The lowest BCUT2D eigenvalue weighted by atomic mass is 10.1. The van der Waals surface area contributed by atoms with Crippen LogP contribution in [0.3, 0.4) is 0 Å². The van der Waals surface area contributed by atoms with Gasteiger partial charge in [-0.05, 0) is 43.3 Å². The molecule has 0 aliphatic carbocycles. The van der Waals surface area contributed by atoms with Crippen molar-refractivity contribution in [3.05, 3.63) is 59.1 Å². The van der Waals surface area contributed by atoms with Crippen LogP contribution in [0.4, 0.5) is 11.4 Å². The molecule has 1 amide bonds. The molecule has 0 saturated carbocycles. The van der Waals surface area contributed by atoms with E-state index in [1.165, 1.54) is 11.3 Å². The third-order valence-electron chi connectivity index (χ3n) is 5.21. The number of nitrogens with one attached hydrogen (secondary N) is 4. The minimum absolute atomic E-state index is 0.0764. The van der Waals surface area contributed by atoms with Gasteiger partial charge >= 0.3 is 0 Å². The van der Waals surface area contributed by atoms with Crippen molar-refractivity contribution in [1.82, 2.24) is 21.3 Å². The van der Waals surface area contributed by atoms with Crippen LogP contribution in [0.2, 0.25) is 5.02 Å². The number of hydrogen-bond donors (Lipinski definition) is 4. The minimum Gasteiger partial charge on any atom is -0.368 e. The quantitative estimate of drug-likeness (QED) is 0.626. The van der Waals surface area contributed by atoms with Crippen LogP contribution in [0.25, 0.3) is 0 Å². The molecule has 4 N–H and O–H groups in total. The summed E-state index contributed by atoms with van der Waals surface area (Å²) < 4.78 is 0. The van der Waals surface area contributed by atoms with Crippen molar-refractivity contribution in [3.63, 3.8) is 0 Å². The maximum atomic E-state index is 13.0. The fourth-order valence-electron chi connectivity index (χ4n) is 3.55. The third-order valence-corrected chi connectivity index (χ3v) is 5.46. The summed E-state index contributed by atoms with van der Waals surface area (Å²) in [6.07, 6.45) is -0.260. The molecule has 2 aliphatic rings. The number of hydrogen-bond acceptors (Lipinski definition) is 6. The van der Waals surface area contributed by atoms with Gasteiger partial charge in [-0.1, -0.05) is 29.3 Å². The van der Waals surface area contributed by atoms with Gasteiger partial charge in [0.25, 0.3) is 0 Å². The van der Waals surface area contributed by atoms with E-state index in [1.54, 1.807) is 0 Å². The van der Waals surface area contributed by atoms with Crippen molar-refractivity contribution >= 4 is 28.9 Å². The molecule has 2 saturated heterocycles. The van der Waals surface area contributed by atoms with Crippen LogP contribution in [0.5, 0.6) is 0 Å². The van der Waals surface area contributed by atoms with Crippen LogP contribution < -0.4 is 26.6 Å². The maximum Gasteiger partial charge on any atom is 0.244 e. The zero-order valence-corrected chi connectivity index (χ0v) is 16.5. The second-order valence-electron chi connectivity index (χ2n) is 7.17. The highest BCUT2D eigenvalue weighted by molar-refractivity contribution is 6.30. The van der Waals surface area contributed by atoms with Gasteiger partial charge in [-0.2, -0.15) is 5.53 Å². The van der Waals surface area contributed by atoms with Gasteiger partial charge in [0.15, 0.2) is 0 Å². The second-order valence-corrected chi connectivity index (χ2v) is 7.60. The summed E-state index contributed by atoms with van der Waals surface area (Å²) in [5, 5.41) is 4.01. The number of benzene rings is 2. The number of halogens is 1. The van der Waals surface area contributed by atoms with E-state index in [-0.39, 0.29) is 12.1 Å². The lowest BCUT2D eigenvalue weighted by molar-refractivity contribution is -0.133. The lowest BCUT2D eigenvalue weighted by Gasteiger charge is -2.37. The summed E-state index contributed by atoms with van der Waals surface area (Å²) in [7, 11) is 0. The summed E-state index contributed by atoms with van der Waals surface area (Å²) in [5.41, 5.74) is 12.3. The number of rotatable bonds is 4. The summed E-state index contributed by atoms with van der Waals surface area (Å²) >= 11 is 5.94. The van der Waals surface area contributed by atoms with Crippen molar-refractivity contribution < 1.29 is 4.79 Å². The Balaban J connectivity index is 1.35. The van der Waals surface area contributed by atoms with E-state index in [9.17, 15) is 4.79 Å². The molecule has 148 valence electrons. The number of anilines is 2. The molecule has 4 rings (SSSR count). The standard InChI is InChI=1S/C20H25ClN6O/c1-14-2-8-17(9-3-14)26-10-12-27(13-11-26)20(28)18-19(24-25-23-18)22-16-6-4-15(21)5-7-16/h2-9,18-19,22-25H,10-13H2,1H3. The number of carbonyl (C=O) groups excluding carboxylic acids is 1. The van der Waals surface area contributed by atoms with Crippen LogP contribution in [0, 0.1) is 6.92 Å². The molecule has 8 heteroatoms. The van der Waals surface area contributed by atoms with Gasteiger partial charge < -0.3 is 15.1 Å². The summed E-state index contributed by atoms with van der Waals surface area (Å²) in [5.74, 6) is 0.0764. The second kappa shape index (κ2) is 8.36. The SMILES string of the molecule is Cc1ccc(N2CCN(C(=O)C3NNNC3Nc3ccc(Cl)cc3)CC2)cc1. The van der Waals surface area contributed by atoms with Crippen LogP contribution in [0.15, 0.2) is 48.5 Å². The summed E-state index contributed by atoms with van der Waals surface area (Å²) in [6, 6.07) is 15.6. The molecular weight excluding hydrogens is 376 g/mol. The van der Waals surface area contributed by atoms with E-state index >= 15 is 0 Å². The van der Waals surface area contributed by atoms with Gasteiger partial charge in [-0.15, -0.1) is 0 Å². The molecule has 2 heterocycles. The molecule has 2 aliphatic heterocycles. The van der Waals surface area contributed by atoms with Crippen LogP contribution in [0.1, 0.15) is 5.56 Å². The van der Waals surface area contributed by atoms with Gasteiger partial charge in [0, 0.05) is 42.6 Å². The fraction of sp³-hybridized carbons (Fsp3) is 0.350. The average Bonchev–Trinajstić information content (AvgIpc) is 3.18. The van der Waals surface area contributed by atoms with E-state index in [0.29, 0.717) is 18.1 Å². The normalized spacial score (nSPS) is 22.4. The number of piperazine rings is 1. The van der Waals surface area contributed by atoms with Crippen molar-refractivity contribution in [2.45, 2.75) is 19.1 Å². The molecule has 0 bridgehead atoms. The van der Waals surface area contributed by atoms with Gasteiger partial charge in [0.1, 0.15) is 12.2 Å². The van der Waals surface area contributed by atoms with E-state index in [1.807, 2.05) is 29.2 Å². The van der Waals surface area contributed by atoms with Crippen molar-refractivity contribution in [3.8, 4) is 0 Å². The highest BCUT2D eigenvalue weighted by Gasteiger charge is 2.36. The predicted octanol–water partition coefficient (Wildman–Crippen LogP) is 1.72. The zero-order valence-electron chi connectivity index (χ0n) is 15.8. The first-order chi connectivity index (χ1) is 13.6. The third kappa shape index (κ3) is 4.23. The Kier molecular flexibility index (Phi) is 5.68. The topological polar surface area (TPSA) is 71.7 Å². The Morgan fingerprint density at radius 1 is 1.00 bits per heavy atom. The van der Waals surface area contributed by atoms with Crippen molar-refractivity contribution in [2.75, 3.05) is 36.4 Å². The molecule has 0 radical (unpaired) electrons. The smallest absolute Gasteiger partial charge is 0.244 e. The monoisotopic (exact) mass is 400 g/mol. The van der Waals surface area contributed by atoms with Crippen LogP contribution >= 0.6 is 11.6 Å². The molecule has 7 nitrogen and oxygen atoms in total. The molecule has 2 aromatic carbocycles. The highest BCUT2D eigenvalue weighted by Crippen LogP contribution is 2.19. The Hall–Kier alpha value is -2.32. The van der Waals surface area contributed by atoms with E-state index < -0.39 is 6.04 Å². The van der Waals surface area contributed by atoms with Crippen LogP contribution in [-0.2, 0) is 4.79 Å². The zero-order chi connectivity index (χ0) is 19.5. The fourth-order valence-corrected chi connectivity index (χ4v) is 3.68. The van der Waals surface area contributed by atoms with E-state index in [0.717, 1.165) is 18.8 Å². The Morgan fingerprint density at radius 2 is 1.68 bits per heavy atom. The van der Waals surface area contributed by atoms with Gasteiger partial charge in [-0.25, -0.2) is 10.9 Å². The van der Waals surface area contributed by atoms with Gasteiger partial charge in [0.05, 0.1) is 0 Å². The Bertz CT molecular complexity index is 804. The number of aryl methyl sites for hydroxylation is 1. The minimum atomic E-state index is -0.401. The predicted molar refractivity (Wildman–Crippen MR) is 112 cm³/mol. The maximum absolute atomic E-state index is 13.0. The first-order valence-electron chi connectivity index (χ1n) is 9.49. The highest BCUT2D eigenvalue weighted by atomic mass is 35.5. The number of amides is 1.